The maximum atomic E-state index is 11.8. The molecule has 9 nitrogen and oxygen atoms in total. The molecule has 128 valence electrons. The lowest BCUT2D eigenvalue weighted by molar-refractivity contribution is -0.402. The Kier molecular flexibility index (Phi) is 4.55. The SMILES string of the molecule is CCc1ccc(-c2noc(COC(=O)c3ccc([N+](=O)[O-])o3)n2)cc1. The van der Waals surface area contributed by atoms with Crippen molar-refractivity contribution in [2.24, 2.45) is 0 Å². The van der Waals surface area contributed by atoms with E-state index in [0.29, 0.717) is 5.82 Å². The largest absolute Gasteiger partial charge is 0.450 e. The van der Waals surface area contributed by atoms with Gasteiger partial charge in [-0.1, -0.05) is 36.3 Å². The van der Waals surface area contributed by atoms with Crippen LogP contribution in [0.2, 0.25) is 0 Å². The number of nitro groups is 1. The van der Waals surface area contributed by atoms with E-state index in [1.54, 1.807) is 0 Å². The molecule has 1 aromatic carbocycles. The summed E-state index contributed by atoms with van der Waals surface area (Å²) in [4.78, 5) is 25.7. The van der Waals surface area contributed by atoms with Gasteiger partial charge in [-0.2, -0.15) is 4.98 Å². The fourth-order valence-electron chi connectivity index (χ4n) is 2.05. The quantitative estimate of drug-likeness (QED) is 0.380. The minimum atomic E-state index is -0.861. The molecular formula is C16H13N3O6. The Labute approximate surface area is 141 Å². The summed E-state index contributed by atoms with van der Waals surface area (Å²) in [5.74, 6) is -1.20. The van der Waals surface area contributed by atoms with Gasteiger partial charge in [0.2, 0.25) is 11.6 Å². The van der Waals surface area contributed by atoms with Crippen molar-refractivity contribution in [2.45, 2.75) is 20.0 Å². The molecule has 0 aliphatic rings. The maximum Gasteiger partial charge on any atom is 0.433 e. The molecule has 0 spiro atoms. The number of carbonyl (C=O) groups is 1. The number of aryl methyl sites for hydroxylation is 1. The first-order valence-corrected chi connectivity index (χ1v) is 7.40. The van der Waals surface area contributed by atoms with E-state index < -0.39 is 16.8 Å². The predicted octanol–water partition coefficient (Wildman–Crippen LogP) is 3.16. The van der Waals surface area contributed by atoms with Crippen LogP contribution in [0.4, 0.5) is 5.88 Å². The van der Waals surface area contributed by atoms with Crippen molar-refractivity contribution >= 4 is 11.9 Å². The van der Waals surface area contributed by atoms with E-state index in [1.807, 2.05) is 24.3 Å². The molecule has 25 heavy (non-hydrogen) atoms. The van der Waals surface area contributed by atoms with E-state index >= 15 is 0 Å². The van der Waals surface area contributed by atoms with Crippen LogP contribution < -0.4 is 0 Å². The molecule has 0 radical (unpaired) electrons. The number of benzene rings is 1. The number of carbonyl (C=O) groups excluding carboxylic acids is 1. The summed E-state index contributed by atoms with van der Waals surface area (Å²) in [6.07, 6.45) is 0.929. The van der Waals surface area contributed by atoms with Gasteiger partial charge in [-0.15, -0.1) is 0 Å². The van der Waals surface area contributed by atoms with Gasteiger partial charge < -0.3 is 13.7 Å². The van der Waals surface area contributed by atoms with Crippen molar-refractivity contribution < 1.29 is 23.4 Å². The van der Waals surface area contributed by atoms with Crippen LogP contribution in [-0.4, -0.2) is 21.0 Å². The maximum absolute atomic E-state index is 11.8. The van der Waals surface area contributed by atoms with Crippen LogP contribution in [0.1, 0.15) is 28.9 Å². The average molecular weight is 343 g/mol. The molecule has 9 heteroatoms. The number of hydrogen-bond donors (Lipinski definition) is 0. The fourth-order valence-corrected chi connectivity index (χ4v) is 2.05. The van der Waals surface area contributed by atoms with Gasteiger partial charge >= 0.3 is 11.9 Å². The summed E-state index contributed by atoms with van der Waals surface area (Å²) in [7, 11) is 0. The van der Waals surface area contributed by atoms with Gasteiger partial charge in [-0.3, -0.25) is 10.1 Å². The first-order chi connectivity index (χ1) is 12.1. The second-order valence-corrected chi connectivity index (χ2v) is 5.03. The number of rotatable bonds is 6. The van der Waals surface area contributed by atoms with Crippen molar-refractivity contribution in [3.8, 4) is 11.4 Å². The van der Waals surface area contributed by atoms with Gasteiger partial charge in [0, 0.05) is 5.56 Å². The van der Waals surface area contributed by atoms with E-state index in [0.717, 1.165) is 24.1 Å². The van der Waals surface area contributed by atoms with Crippen molar-refractivity contribution in [2.75, 3.05) is 0 Å². The number of esters is 1. The minimum absolute atomic E-state index is 0.101. The summed E-state index contributed by atoms with van der Waals surface area (Å²) < 4.78 is 14.7. The van der Waals surface area contributed by atoms with Crippen LogP contribution in [-0.2, 0) is 17.8 Å². The zero-order chi connectivity index (χ0) is 17.8. The molecule has 0 aliphatic heterocycles. The molecule has 0 unspecified atom stereocenters. The van der Waals surface area contributed by atoms with Gasteiger partial charge in [0.15, 0.2) is 6.61 Å². The molecule has 2 heterocycles. The summed E-state index contributed by atoms with van der Waals surface area (Å²) in [6, 6.07) is 9.92. The lowest BCUT2D eigenvalue weighted by Crippen LogP contribution is -2.04. The number of furan rings is 1. The van der Waals surface area contributed by atoms with Gasteiger partial charge in [-0.25, -0.2) is 4.79 Å². The molecule has 3 aromatic rings. The predicted molar refractivity (Wildman–Crippen MR) is 83.6 cm³/mol. The highest BCUT2D eigenvalue weighted by atomic mass is 16.7. The molecule has 0 amide bonds. The van der Waals surface area contributed by atoms with Crippen molar-refractivity contribution in [1.82, 2.24) is 10.1 Å². The van der Waals surface area contributed by atoms with Crippen LogP contribution in [0.25, 0.3) is 11.4 Å². The van der Waals surface area contributed by atoms with Crippen LogP contribution in [0, 0.1) is 10.1 Å². The summed E-state index contributed by atoms with van der Waals surface area (Å²) >= 11 is 0. The zero-order valence-electron chi connectivity index (χ0n) is 13.2. The smallest absolute Gasteiger partial charge is 0.433 e. The van der Waals surface area contributed by atoms with Crippen molar-refractivity contribution in [1.29, 1.82) is 0 Å². The lowest BCUT2D eigenvalue weighted by Gasteiger charge is -1.98. The topological polar surface area (TPSA) is 122 Å². The third-order valence-electron chi connectivity index (χ3n) is 3.39. The molecule has 0 bridgehead atoms. The second-order valence-electron chi connectivity index (χ2n) is 5.03. The highest BCUT2D eigenvalue weighted by Gasteiger charge is 2.19. The van der Waals surface area contributed by atoms with Gasteiger partial charge in [0.1, 0.15) is 4.92 Å². The first-order valence-electron chi connectivity index (χ1n) is 7.40. The van der Waals surface area contributed by atoms with E-state index in [4.69, 9.17) is 13.7 Å². The first kappa shape index (κ1) is 16.4. The highest BCUT2D eigenvalue weighted by Crippen LogP contribution is 2.19. The van der Waals surface area contributed by atoms with Gasteiger partial charge in [-0.05, 0) is 18.1 Å². The second kappa shape index (κ2) is 6.95. The Hall–Kier alpha value is -3.49. The minimum Gasteiger partial charge on any atom is -0.450 e. The van der Waals surface area contributed by atoms with E-state index in [1.165, 1.54) is 5.56 Å². The number of ether oxygens (including phenoxy) is 1. The third kappa shape index (κ3) is 3.71. The molecular weight excluding hydrogens is 330 g/mol. The molecule has 0 aliphatic carbocycles. The van der Waals surface area contributed by atoms with E-state index in [2.05, 4.69) is 17.1 Å². The molecule has 0 saturated heterocycles. The van der Waals surface area contributed by atoms with E-state index in [9.17, 15) is 14.9 Å². The molecule has 0 atom stereocenters. The number of aromatic nitrogens is 2. The molecule has 0 N–H and O–H groups in total. The lowest BCUT2D eigenvalue weighted by atomic mass is 10.1. The monoisotopic (exact) mass is 343 g/mol. The van der Waals surface area contributed by atoms with Crippen molar-refractivity contribution in [3.63, 3.8) is 0 Å². The number of hydrogen-bond acceptors (Lipinski definition) is 8. The van der Waals surface area contributed by atoms with E-state index in [-0.39, 0.29) is 18.3 Å². The fraction of sp³-hybridized carbons (Fsp3) is 0.188. The summed E-state index contributed by atoms with van der Waals surface area (Å²) in [6.45, 7) is 1.79. The Morgan fingerprint density at radius 3 is 2.64 bits per heavy atom. The Morgan fingerprint density at radius 2 is 2.00 bits per heavy atom. The van der Waals surface area contributed by atoms with Crippen LogP contribution >= 0.6 is 0 Å². The number of nitrogens with zero attached hydrogens (tertiary/aromatic N) is 3. The van der Waals surface area contributed by atoms with Crippen LogP contribution in [0.3, 0.4) is 0 Å². The normalized spacial score (nSPS) is 10.6. The van der Waals surface area contributed by atoms with Crippen molar-refractivity contribution in [3.05, 3.63) is 63.7 Å². The van der Waals surface area contributed by atoms with Gasteiger partial charge in [0.05, 0.1) is 6.07 Å². The third-order valence-corrected chi connectivity index (χ3v) is 3.39. The molecule has 2 aromatic heterocycles. The Balaban J connectivity index is 1.62. The average Bonchev–Trinajstić information content (AvgIpc) is 3.29. The standard InChI is InChI=1S/C16H13N3O6/c1-2-10-3-5-11(6-4-10)15-17-13(25-18-15)9-23-16(20)12-7-8-14(24-12)19(21)22/h3-8H,2,9H2,1H3. The zero-order valence-corrected chi connectivity index (χ0v) is 13.2. The summed E-state index contributed by atoms with van der Waals surface area (Å²) in [5, 5.41) is 14.4. The molecule has 0 fully saturated rings. The van der Waals surface area contributed by atoms with Crippen LogP contribution in [0.15, 0.2) is 45.3 Å². The Bertz CT molecular complexity index is 897. The highest BCUT2D eigenvalue weighted by molar-refractivity contribution is 5.86. The summed E-state index contributed by atoms with van der Waals surface area (Å²) in [5.41, 5.74) is 1.97. The Morgan fingerprint density at radius 1 is 1.24 bits per heavy atom. The van der Waals surface area contributed by atoms with Gasteiger partial charge in [0.25, 0.3) is 5.89 Å². The molecule has 3 rings (SSSR count). The van der Waals surface area contributed by atoms with Crippen LogP contribution in [0.5, 0.6) is 0 Å². The molecule has 0 saturated carbocycles.